The van der Waals surface area contributed by atoms with E-state index in [2.05, 4.69) is 41.0 Å². The van der Waals surface area contributed by atoms with Gasteiger partial charge in [0.2, 0.25) is 5.82 Å². The smallest absolute Gasteiger partial charge is 0.343 e. The molecule has 0 aliphatic carbocycles. The predicted octanol–water partition coefficient (Wildman–Crippen LogP) is 5.33. The summed E-state index contributed by atoms with van der Waals surface area (Å²) < 4.78 is 39.2. The molecule has 3 aromatic rings. The van der Waals surface area contributed by atoms with Crippen molar-refractivity contribution in [1.29, 1.82) is 0 Å². The molecule has 2 aromatic heterocycles. The van der Waals surface area contributed by atoms with Gasteiger partial charge in [0.05, 0.1) is 5.39 Å². The molecule has 1 aromatic carbocycles. The van der Waals surface area contributed by atoms with Crippen molar-refractivity contribution in [3.8, 4) is 0 Å². The molecular weight excluding hydrogens is 329 g/mol. The molecule has 0 aliphatic rings. The van der Waals surface area contributed by atoms with Crippen LogP contribution >= 0.6 is 0 Å². The van der Waals surface area contributed by atoms with E-state index in [0.29, 0.717) is 11.1 Å². The Kier molecular flexibility index (Phi) is 3.97. The highest BCUT2D eigenvalue weighted by Gasteiger charge is 2.36. The third kappa shape index (κ3) is 3.60. The maximum Gasteiger partial charge on any atom is 0.451 e. The molecule has 0 fully saturated rings. The second-order valence-corrected chi connectivity index (χ2v) is 7.06. The average Bonchev–Trinajstić information content (AvgIpc) is 2.86. The zero-order valence-electron chi connectivity index (χ0n) is 14.4. The molecule has 0 atom stereocenters. The van der Waals surface area contributed by atoms with E-state index in [-0.39, 0.29) is 16.9 Å². The van der Waals surface area contributed by atoms with Crippen LogP contribution < -0.4 is 5.32 Å². The fourth-order valence-corrected chi connectivity index (χ4v) is 2.55. The summed E-state index contributed by atoms with van der Waals surface area (Å²) in [6, 6.07) is 9.30. The topological polar surface area (TPSA) is 53.6 Å². The van der Waals surface area contributed by atoms with Crippen molar-refractivity contribution in [2.45, 2.75) is 39.3 Å². The maximum absolute atomic E-state index is 13.1. The minimum Gasteiger partial charge on any atom is -0.343 e. The summed E-state index contributed by atoms with van der Waals surface area (Å²) in [5.41, 5.74) is 2.68. The number of rotatable bonds is 2. The number of aromatic amines is 1. The molecule has 0 aliphatic heterocycles. The standard InChI is InChI=1S/C18H19F3N4/c1-10-9-13-14(22-10)24-16(18(19,20)21)25-15(13)23-12-7-5-11(6-8-12)17(2,3)4/h5-9H,1-4H3,(H2,22,23,24,25). The van der Waals surface area contributed by atoms with Gasteiger partial charge in [-0.15, -0.1) is 0 Å². The first-order chi connectivity index (χ1) is 11.5. The minimum atomic E-state index is -4.61. The molecule has 3 rings (SSSR count). The number of benzene rings is 1. The summed E-state index contributed by atoms with van der Waals surface area (Å²) in [6.45, 7) is 8.06. The molecule has 4 nitrogen and oxygen atoms in total. The summed E-state index contributed by atoms with van der Waals surface area (Å²) in [7, 11) is 0. The van der Waals surface area contributed by atoms with Crippen molar-refractivity contribution in [3.63, 3.8) is 0 Å². The number of nitrogens with one attached hydrogen (secondary N) is 2. The summed E-state index contributed by atoms with van der Waals surface area (Å²) in [5.74, 6) is -1.04. The molecule has 25 heavy (non-hydrogen) atoms. The zero-order chi connectivity index (χ0) is 18.4. The first-order valence-corrected chi connectivity index (χ1v) is 7.86. The molecule has 2 heterocycles. The zero-order valence-corrected chi connectivity index (χ0v) is 14.4. The molecule has 0 bridgehead atoms. The van der Waals surface area contributed by atoms with Gasteiger partial charge in [-0.05, 0) is 36.1 Å². The lowest BCUT2D eigenvalue weighted by Crippen LogP contribution is -2.13. The van der Waals surface area contributed by atoms with Crippen molar-refractivity contribution in [2.75, 3.05) is 5.32 Å². The van der Waals surface area contributed by atoms with Crippen molar-refractivity contribution < 1.29 is 13.2 Å². The largest absolute Gasteiger partial charge is 0.451 e. The number of nitrogens with zero attached hydrogens (tertiary/aromatic N) is 2. The Bertz CT molecular complexity index is 903. The van der Waals surface area contributed by atoms with Gasteiger partial charge in [-0.2, -0.15) is 13.2 Å². The van der Waals surface area contributed by atoms with E-state index in [1.54, 1.807) is 13.0 Å². The molecule has 7 heteroatoms. The summed E-state index contributed by atoms with van der Waals surface area (Å²) in [4.78, 5) is 10.1. The fourth-order valence-electron chi connectivity index (χ4n) is 2.55. The van der Waals surface area contributed by atoms with Crippen molar-refractivity contribution in [1.82, 2.24) is 15.0 Å². The third-order valence-corrected chi connectivity index (χ3v) is 3.89. The molecule has 0 spiro atoms. The minimum absolute atomic E-state index is 0.00190. The number of aryl methyl sites for hydroxylation is 1. The van der Waals surface area contributed by atoms with E-state index >= 15 is 0 Å². The summed E-state index contributed by atoms with van der Waals surface area (Å²) in [6.07, 6.45) is -4.61. The monoisotopic (exact) mass is 348 g/mol. The number of H-pyrrole nitrogens is 1. The quantitative estimate of drug-likeness (QED) is 0.658. The number of hydrogen-bond donors (Lipinski definition) is 2. The van der Waals surface area contributed by atoms with E-state index in [0.717, 1.165) is 11.3 Å². The number of halogens is 3. The highest BCUT2D eigenvalue weighted by atomic mass is 19.4. The Morgan fingerprint density at radius 2 is 1.64 bits per heavy atom. The van der Waals surface area contributed by atoms with E-state index in [1.807, 2.05) is 24.3 Å². The van der Waals surface area contributed by atoms with Crippen molar-refractivity contribution in [3.05, 3.63) is 47.4 Å². The molecule has 0 amide bonds. The van der Waals surface area contributed by atoms with Crippen molar-refractivity contribution >= 4 is 22.5 Å². The number of alkyl halides is 3. The Balaban J connectivity index is 2.03. The molecule has 0 radical (unpaired) electrons. The van der Waals surface area contributed by atoms with Crippen LogP contribution in [0.15, 0.2) is 30.3 Å². The van der Waals surface area contributed by atoms with E-state index in [4.69, 9.17) is 0 Å². The number of anilines is 2. The summed E-state index contributed by atoms with van der Waals surface area (Å²) >= 11 is 0. The summed E-state index contributed by atoms with van der Waals surface area (Å²) in [5, 5.41) is 3.50. The Labute approximate surface area is 143 Å². The average molecular weight is 348 g/mol. The molecule has 2 N–H and O–H groups in total. The van der Waals surface area contributed by atoms with E-state index < -0.39 is 12.0 Å². The lowest BCUT2D eigenvalue weighted by Gasteiger charge is -2.19. The van der Waals surface area contributed by atoms with Crippen LogP contribution in [0.3, 0.4) is 0 Å². The van der Waals surface area contributed by atoms with Gasteiger partial charge in [0.1, 0.15) is 11.5 Å². The van der Waals surface area contributed by atoms with Gasteiger partial charge in [0.25, 0.3) is 0 Å². The van der Waals surface area contributed by atoms with Gasteiger partial charge in [0.15, 0.2) is 0 Å². The maximum atomic E-state index is 13.1. The number of hydrogen-bond acceptors (Lipinski definition) is 3. The molecular formula is C18H19F3N4. The van der Waals surface area contributed by atoms with Crippen LogP contribution in [0.1, 0.15) is 37.9 Å². The van der Waals surface area contributed by atoms with Gasteiger partial charge < -0.3 is 10.3 Å². The van der Waals surface area contributed by atoms with Crippen LogP contribution in [-0.2, 0) is 11.6 Å². The SMILES string of the molecule is Cc1cc2c(Nc3ccc(C(C)(C)C)cc3)nc(C(F)(F)F)nc2[nH]1. The number of fused-ring (bicyclic) bond motifs is 1. The number of aromatic nitrogens is 3. The first-order valence-electron chi connectivity index (χ1n) is 7.86. The van der Waals surface area contributed by atoms with Crippen LogP contribution in [0.5, 0.6) is 0 Å². The fraction of sp³-hybridized carbons (Fsp3) is 0.333. The second-order valence-electron chi connectivity index (χ2n) is 7.06. The first kappa shape index (κ1) is 17.3. The lowest BCUT2D eigenvalue weighted by atomic mass is 9.87. The third-order valence-electron chi connectivity index (χ3n) is 3.89. The van der Waals surface area contributed by atoms with Crippen LogP contribution in [0.2, 0.25) is 0 Å². The highest BCUT2D eigenvalue weighted by molar-refractivity contribution is 5.89. The van der Waals surface area contributed by atoms with Crippen LogP contribution in [0.4, 0.5) is 24.7 Å². The molecule has 0 saturated heterocycles. The molecule has 0 saturated carbocycles. The predicted molar refractivity (Wildman–Crippen MR) is 92.1 cm³/mol. The van der Waals surface area contributed by atoms with Gasteiger partial charge in [-0.25, -0.2) is 9.97 Å². The van der Waals surface area contributed by atoms with Gasteiger partial charge in [0, 0.05) is 11.4 Å². The van der Waals surface area contributed by atoms with Crippen LogP contribution in [0, 0.1) is 6.92 Å². The second kappa shape index (κ2) is 5.75. The van der Waals surface area contributed by atoms with Crippen LogP contribution in [-0.4, -0.2) is 15.0 Å². The lowest BCUT2D eigenvalue weighted by molar-refractivity contribution is -0.144. The highest BCUT2D eigenvalue weighted by Crippen LogP contribution is 2.32. The van der Waals surface area contributed by atoms with E-state index in [9.17, 15) is 13.2 Å². The van der Waals surface area contributed by atoms with Gasteiger partial charge in [-0.1, -0.05) is 32.9 Å². The Morgan fingerprint density at radius 3 is 2.20 bits per heavy atom. The molecule has 0 unspecified atom stereocenters. The van der Waals surface area contributed by atoms with Crippen molar-refractivity contribution in [2.24, 2.45) is 0 Å². The van der Waals surface area contributed by atoms with E-state index in [1.165, 1.54) is 0 Å². The van der Waals surface area contributed by atoms with Gasteiger partial charge >= 0.3 is 6.18 Å². The molecule has 132 valence electrons. The Hall–Kier alpha value is -2.57. The van der Waals surface area contributed by atoms with Crippen LogP contribution in [0.25, 0.3) is 11.0 Å². The van der Waals surface area contributed by atoms with Gasteiger partial charge in [-0.3, -0.25) is 0 Å². The Morgan fingerprint density at radius 1 is 1.00 bits per heavy atom. The normalized spacial score (nSPS) is 12.6.